The predicted octanol–water partition coefficient (Wildman–Crippen LogP) is 5.29. The van der Waals surface area contributed by atoms with E-state index in [0.29, 0.717) is 22.8 Å². The van der Waals surface area contributed by atoms with Gasteiger partial charge in [0.2, 0.25) is 0 Å². The van der Waals surface area contributed by atoms with Crippen molar-refractivity contribution in [1.82, 2.24) is 15.3 Å². The maximum atomic E-state index is 14.2. The maximum absolute atomic E-state index is 14.2. The van der Waals surface area contributed by atoms with Crippen molar-refractivity contribution < 1.29 is 14.3 Å². The molecule has 0 aliphatic heterocycles. The predicted molar refractivity (Wildman–Crippen MR) is 128 cm³/mol. The lowest BCUT2D eigenvalue weighted by atomic mass is 10.0. The summed E-state index contributed by atoms with van der Waals surface area (Å²) in [5.74, 6) is -1.12. The third-order valence-electron chi connectivity index (χ3n) is 4.39. The highest BCUT2D eigenvalue weighted by atomic mass is 35.5. The Kier molecular flexibility index (Phi) is 8.46. The van der Waals surface area contributed by atoms with Gasteiger partial charge in [0.05, 0.1) is 28.7 Å². The van der Waals surface area contributed by atoms with E-state index in [1.54, 1.807) is 26.0 Å². The number of amides is 1. The molecule has 0 aromatic carbocycles. The maximum Gasteiger partial charge on any atom is 0.255 e. The van der Waals surface area contributed by atoms with Gasteiger partial charge in [-0.25, -0.2) is 4.39 Å². The van der Waals surface area contributed by atoms with Crippen molar-refractivity contribution in [1.29, 1.82) is 0 Å². The first-order valence-electron chi connectivity index (χ1n) is 9.77. The number of aliphatic hydroxyl groups excluding tert-OH is 1. The van der Waals surface area contributed by atoms with E-state index in [1.807, 2.05) is 6.92 Å². The molecule has 2 aromatic rings. The Bertz CT molecular complexity index is 1110. The number of allylic oxidation sites excluding steroid dienone is 5. The number of hydrogen-bond acceptors (Lipinski definition) is 5. The molecule has 0 spiro atoms. The molecule has 0 aliphatic rings. The third kappa shape index (κ3) is 6.35. The fourth-order valence-corrected chi connectivity index (χ4v) is 3.17. The average Bonchev–Trinajstić information content (AvgIpc) is 2.69. The second-order valence-electron chi connectivity index (χ2n) is 7.31. The van der Waals surface area contributed by atoms with Crippen molar-refractivity contribution in [2.24, 2.45) is 0 Å². The molecule has 1 amide bonds. The molecule has 1 unspecified atom stereocenters. The zero-order valence-corrected chi connectivity index (χ0v) is 19.1. The number of nitrogens with one attached hydrogen (secondary N) is 2. The molecular formula is C24H26ClFN4O2. The van der Waals surface area contributed by atoms with E-state index in [0.717, 1.165) is 11.1 Å². The molecule has 0 radical (unpaired) electrons. The van der Waals surface area contributed by atoms with Crippen molar-refractivity contribution in [2.45, 2.75) is 26.9 Å². The lowest BCUT2D eigenvalue weighted by molar-refractivity contribution is 0.0924. The Morgan fingerprint density at radius 3 is 2.59 bits per heavy atom. The molecule has 2 aromatic heterocycles. The van der Waals surface area contributed by atoms with Gasteiger partial charge in [0.15, 0.2) is 0 Å². The van der Waals surface area contributed by atoms with Crippen LogP contribution in [0.15, 0.2) is 61.2 Å². The topological polar surface area (TPSA) is 87.1 Å². The Labute approximate surface area is 192 Å². The van der Waals surface area contributed by atoms with Crippen LogP contribution in [-0.4, -0.2) is 33.6 Å². The first-order valence-corrected chi connectivity index (χ1v) is 10.1. The highest BCUT2D eigenvalue weighted by molar-refractivity contribution is 6.31. The van der Waals surface area contributed by atoms with Crippen molar-refractivity contribution in [3.05, 3.63) is 83.7 Å². The SMILES string of the molecule is C=C(Cl)/C=C(\C(=C)F)c1cc(Nc2ccncc2C(=O)NCC(C)O)c(C(=C)C)c(C)n1. The second-order valence-corrected chi connectivity index (χ2v) is 7.80. The summed E-state index contributed by atoms with van der Waals surface area (Å²) in [7, 11) is 0. The van der Waals surface area contributed by atoms with Gasteiger partial charge in [0, 0.05) is 40.8 Å². The Morgan fingerprint density at radius 1 is 1.34 bits per heavy atom. The van der Waals surface area contributed by atoms with Gasteiger partial charge in [0.25, 0.3) is 5.91 Å². The molecule has 1 atom stereocenters. The van der Waals surface area contributed by atoms with Crippen LogP contribution in [0.25, 0.3) is 11.1 Å². The molecule has 2 rings (SSSR count). The van der Waals surface area contributed by atoms with E-state index >= 15 is 0 Å². The number of rotatable bonds is 9. The lowest BCUT2D eigenvalue weighted by Gasteiger charge is -2.18. The molecule has 2 heterocycles. The van der Waals surface area contributed by atoms with Crippen LogP contribution in [-0.2, 0) is 0 Å². The summed E-state index contributed by atoms with van der Waals surface area (Å²) in [5, 5.41) is 15.4. The van der Waals surface area contributed by atoms with Crippen LogP contribution in [0, 0.1) is 6.92 Å². The summed E-state index contributed by atoms with van der Waals surface area (Å²) < 4.78 is 14.2. The number of aliphatic hydroxyl groups is 1. The van der Waals surface area contributed by atoms with Crippen LogP contribution in [0.2, 0.25) is 0 Å². The molecule has 0 saturated heterocycles. The van der Waals surface area contributed by atoms with Gasteiger partial charge in [-0.05, 0) is 44.6 Å². The Hall–Kier alpha value is -3.29. The van der Waals surface area contributed by atoms with Gasteiger partial charge in [-0.15, -0.1) is 0 Å². The fraction of sp³-hybridized carbons (Fsp3) is 0.208. The number of hydrogen-bond donors (Lipinski definition) is 3. The summed E-state index contributed by atoms with van der Waals surface area (Å²) >= 11 is 5.86. The zero-order valence-electron chi connectivity index (χ0n) is 18.3. The highest BCUT2D eigenvalue weighted by Gasteiger charge is 2.18. The Morgan fingerprint density at radius 2 is 2.03 bits per heavy atom. The summed E-state index contributed by atoms with van der Waals surface area (Å²) in [4.78, 5) is 21.1. The minimum Gasteiger partial charge on any atom is -0.392 e. The number of nitrogens with zero attached hydrogens (tertiary/aromatic N) is 2. The smallest absolute Gasteiger partial charge is 0.255 e. The first kappa shape index (κ1) is 25.0. The van der Waals surface area contributed by atoms with E-state index in [4.69, 9.17) is 11.6 Å². The largest absolute Gasteiger partial charge is 0.392 e. The standard InChI is InChI=1S/C24H26ClFN4O2/c1-13(2)23-17(6)29-21(18(16(5)26)9-14(3)25)10-22(23)30-20-7-8-27-12-19(20)24(32)28-11-15(4)31/h7-10,12,15,31H,1,3,5,11H2,2,4,6H3,(H,28,32)(H,27,29,30)/b18-9+. The molecule has 168 valence electrons. The van der Waals surface area contributed by atoms with Gasteiger partial charge in [-0.1, -0.05) is 31.3 Å². The minimum atomic E-state index is -0.713. The van der Waals surface area contributed by atoms with Gasteiger partial charge < -0.3 is 15.7 Å². The van der Waals surface area contributed by atoms with Crippen LogP contribution in [0.1, 0.15) is 41.2 Å². The summed E-state index contributed by atoms with van der Waals surface area (Å²) in [6, 6.07) is 3.27. The van der Waals surface area contributed by atoms with Crippen molar-refractivity contribution in [3.63, 3.8) is 0 Å². The normalized spacial score (nSPS) is 12.1. The summed E-state index contributed by atoms with van der Waals surface area (Å²) in [6.07, 6.45) is 3.61. The fourth-order valence-electron chi connectivity index (χ4n) is 3.06. The molecule has 8 heteroatoms. The number of aryl methyl sites for hydroxylation is 1. The number of aromatic nitrogens is 2. The average molecular weight is 457 g/mol. The number of pyridine rings is 2. The van der Waals surface area contributed by atoms with E-state index in [-0.39, 0.29) is 22.7 Å². The van der Waals surface area contributed by atoms with Crippen LogP contribution >= 0.6 is 11.6 Å². The van der Waals surface area contributed by atoms with Gasteiger partial charge >= 0.3 is 0 Å². The number of halogens is 2. The van der Waals surface area contributed by atoms with E-state index < -0.39 is 17.8 Å². The highest BCUT2D eigenvalue weighted by Crippen LogP contribution is 2.34. The lowest BCUT2D eigenvalue weighted by Crippen LogP contribution is -2.31. The molecular weight excluding hydrogens is 431 g/mol. The molecule has 0 bridgehead atoms. The molecule has 32 heavy (non-hydrogen) atoms. The number of carbonyl (C=O) groups excluding carboxylic acids is 1. The first-order chi connectivity index (χ1) is 15.0. The molecule has 0 fully saturated rings. The summed E-state index contributed by atoms with van der Waals surface area (Å²) in [6.45, 7) is 16.2. The van der Waals surface area contributed by atoms with Gasteiger partial charge in [-0.2, -0.15) is 0 Å². The third-order valence-corrected chi connectivity index (χ3v) is 4.50. The van der Waals surface area contributed by atoms with Crippen molar-refractivity contribution in [3.8, 4) is 0 Å². The van der Waals surface area contributed by atoms with E-state index in [2.05, 4.69) is 40.3 Å². The summed E-state index contributed by atoms with van der Waals surface area (Å²) in [5.41, 5.74) is 3.72. The van der Waals surface area contributed by atoms with E-state index in [1.165, 1.54) is 18.5 Å². The molecule has 0 saturated carbocycles. The Balaban J connectivity index is 2.60. The molecule has 6 nitrogen and oxygen atoms in total. The second kappa shape index (κ2) is 10.8. The van der Waals surface area contributed by atoms with Crippen molar-refractivity contribution in [2.75, 3.05) is 11.9 Å². The minimum absolute atomic E-state index is 0.0917. The van der Waals surface area contributed by atoms with Crippen LogP contribution in [0.4, 0.5) is 15.8 Å². The zero-order chi connectivity index (χ0) is 24.0. The van der Waals surface area contributed by atoms with Crippen LogP contribution in [0.3, 0.4) is 0 Å². The molecule has 0 aliphatic carbocycles. The van der Waals surface area contributed by atoms with Crippen LogP contribution in [0.5, 0.6) is 0 Å². The van der Waals surface area contributed by atoms with E-state index in [9.17, 15) is 14.3 Å². The number of anilines is 2. The quantitative estimate of drug-likeness (QED) is 0.446. The van der Waals surface area contributed by atoms with Gasteiger partial charge in [-0.3, -0.25) is 14.8 Å². The monoisotopic (exact) mass is 456 g/mol. The van der Waals surface area contributed by atoms with Crippen molar-refractivity contribution >= 4 is 40.0 Å². The molecule has 3 N–H and O–H groups in total. The van der Waals surface area contributed by atoms with Crippen LogP contribution < -0.4 is 10.6 Å². The van der Waals surface area contributed by atoms with Gasteiger partial charge in [0.1, 0.15) is 5.83 Å². The number of carbonyl (C=O) groups is 1.